The maximum absolute atomic E-state index is 12.7. The largest absolute Gasteiger partial charge is 0.416 e. The van der Waals surface area contributed by atoms with Crippen LogP contribution in [0.2, 0.25) is 0 Å². The quantitative estimate of drug-likeness (QED) is 0.785. The molecule has 0 saturated carbocycles. The molecule has 0 aliphatic carbocycles. The van der Waals surface area contributed by atoms with Crippen LogP contribution in [0.25, 0.3) is 0 Å². The third kappa shape index (κ3) is 3.06. The Labute approximate surface area is 110 Å². The fraction of sp³-hybridized carbons (Fsp3) is 0.167. The van der Waals surface area contributed by atoms with E-state index in [1.165, 1.54) is 18.5 Å². The lowest BCUT2D eigenvalue weighted by molar-refractivity contribution is -0.143. The summed E-state index contributed by atoms with van der Waals surface area (Å²) in [5.74, 6) is 0. The van der Waals surface area contributed by atoms with E-state index in [0.717, 1.165) is 5.01 Å². The maximum atomic E-state index is 12.7. The van der Waals surface area contributed by atoms with E-state index in [2.05, 4.69) is 5.43 Å². The van der Waals surface area contributed by atoms with Crippen LogP contribution in [-0.2, 0) is 12.4 Å². The number of allylic oxidation sites excluding steroid dienone is 2. The first kappa shape index (κ1) is 14.3. The second-order valence-electron chi connectivity index (χ2n) is 3.96. The molecule has 0 spiro atoms. The summed E-state index contributed by atoms with van der Waals surface area (Å²) >= 11 is 0. The van der Waals surface area contributed by atoms with Crippen LogP contribution in [0.1, 0.15) is 11.1 Å². The Morgan fingerprint density at radius 1 is 0.800 bits per heavy atom. The van der Waals surface area contributed by atoms with Crippen LogP contribution in [0.4, 0.5) is 32.0 Å². The number of hydrazine groups is 1. The molecule has 1 aromatic rings. The van der Waals surface area contributed by atoms with Crippen LogP contribution >= 0.6 is 0 Å². The van der Waals surface area contributed by atoms with Gasteiger partial charge in [-0.15, -0.1) is 0 Å². The van der Waals surface area contributed by atoms with E-state index >= 15 is 0 Å². The first-order valence-corrected chi connectivity index (χ1v) is 5.36. The number of hydrogen-bond acceptors (Lipinski definition) is 2. The lowest BCUT2D eigenvalue weighted by Crippen LogP contribution is -2.30. The first-order valence-electron chi connectivity index (χ1n) is 5.36. The number of nitrogens with zero attached hydrogens (tertiary/aromatic N) is 1. The van der Waals surface area contributed by atoms with E-state index in [-0.39, 0.29) is 11.8 Å². The van der Waals surface area contributed by atoms with Gasteiger partial charge in [-0.3, -0.25) is 5.01 Å². The molecule has 8 heteroatoms. The van der Waals surface area contributed by atoms with Gasteiger partial charge in [0.2, 0.25) is 0 Å². The van der Waals surface area contributed by atoms with Gasteiger partial charge < -0.3 is 5.43 Å². The van der Waals surface area contributed by atoms with Gasteiger partial charge in [0.15, 0.2) is 0 Å². The predicted molar refractivity (Wildman–Crippen MR) is 60.3 cm³/mol. The summed E-state index contributed by atoms with van der Waals surface area (Å²) < 4.78 is 76.0. The average Bonchev–Trinajstić information content (AvgIpc) is 2.37. The van der Waals surface area contributed by atoms with E-state index in [0.29, 0.717) is 12.1 Å². The van der Waals surface area contributed by atoms with Gasteiger partial charge in [-0.2, -0.15) is 26.3 Å². The third-order valence-corrected chi connectivity index (χ3v) is 2.51. The van der Waals surface area contributed by atoms with Crippen molar-refractivity contribution in [3.8, 4) is 0 Å². The Hall–Kier alpha value is -2.12. The van der Waals surface area contributed by atoms with Crippen LogP contribution in [0.15, 0.2) is 42.8 Å². The molecule has 0 atom stereocenters. The Morgan fingerprint density at radius 3 is 1.75 bits per heavy atom. The van der Waals surface area contributed by atoms with Crippen molar-refractivity contribution in [2.45, 2.75) is 12.4 Å². The summed E-state index contributed by atoms with van der Waals surface area (Å²) in [7, 11) is 0. The second kappa shape index (κ2) is 4.77. The normalized spacial score (nSPS) is 15.4. The molecule has 20 heavy (non-hydrogen) atoms. The molecular formula is C12H8F6N2. The number of benzene rings is 1. The summed E-state index contributed by atoms with van der Waals surface area (Å²) in [5, 5.41) is 1.06. The monoisotopic (exact) mass is 294 g/mol. The van der Waals surface area contributed by atoms with Crippen molar-refractivity contribution in [2.75, 3.05) is 5.01 Å². The van der Waals surface area contributed by atoms with E-state index < -0.39 is 23.5 Å². The van der Waals surface area contributed by atoms with E-state index in [1.54, 1.807) is 6.08 Å². The van der Waals surface area contributed by atoms with E-state index in [1.807, 2.05) is 0 Å². The van der Waals surface area contributed by atoms with Crippen molar-refractivity contribution in [1.82, 2.24) is 5.43 Å². The molecule has 2 rings (SSSR count). The molecule has 0 unspecified atom stereocenters. The van der Waals surface area contributed by atoms with Gasteiger partial charge in [-0.05, 0) is 30.4 Å². The molecule has 0 fully saturated rings. The Balaban J connectivity index is 2.51. The van der Waals surface area contributed by atoms with Gasteiger partial charge in [0.05, 0.1) is 16.8 Å². The fourth-order valence-corrected chi connectivity index (χ4v) is 1.60. The zero-order chi connectivity index (χ0) is 15.0. The van der Waals surface area contributed by atoms with Gasteiger partial charge in [-0.1, -0.05) is 0 Å². The summed E-state index contributed by atoms with van der Waals surface area (Å²) in [6, 6.07) is 1.38. The topological polar surface area (TPSA) is 15.3 Å². The fourth-order valence-electron chi connectivity index (χ4n) is 1.60. The number of halogens is 6. The van der Waals surface area contributed by atoms with Gasteiger partial charge in [-0.25, -0.2) is 0 Å². The number of rotatable bonds is 1. The van der Waals surface area contributed by atoms with Gasteiger partial charge in [0, 0.05) is 12.4 Å². The lowest BCUT2D eigenvalue weighted by atomic mass is 10.1. The van der Waals surface area contributed by atoms with Crippen molar-refractivity contribution < 1.29 is 26.3 Å². The molecule has 108 valence electrons. The standard InChI is InChI=1S/C12H8F6N2/c13-11(14,15)8-5-9(12(16,17)18)7-10(6-8)20-4-2-1-3-19-20/h1-7,19H. The number of hydrogen-bond donors (Lipinski definition) is 1. The summed E-state index contributed by atoms with van der Waals surface area (Å²) in [5.41, 5.74) is -0.442. The molecule has 1 aromatic carbocycles. The molecule has 1 aliphatic heterocycles. The van der Waals surface area contributed by atoms with Crippen molar-refractivity contribution in [3.05, 3.63) is 53.9 Å². The average molecular weight is 294 g/mol. The van der Waals surface area contributed by atoms with Crippen LogP contribution < -0.4 is 10.4 Å². The highest BCUT2D eigenvalue weighted by Crippen LogP contribution is 2.38. The van der Waals surface area contributed by atoms with E-state index in [4.69, 9.17) is 0 Å². The zero-order valence-corrected chi connectivity index (χ0v) is 9.76. The van der Waals surface area contributed by atoms with Crippen molar-refractivity contribution in [3.63, 3.8) is 0 Å². The molecule has 1 heterocycles. The minimum atomic E-state index is -4.86. The molecule has 2 nitrogen and oxygen atoms in total. The highest BCUT2D eigenvalue weighted by atomic mass is 19.4. The molecule has 0 bridgehead atoms. The predicted octanol–water partition coefficient (Wildman–Crippen LogP) is 4.08. The number of nitrogens with one attached hydrogen (secondary N) is 1. The Kier molecular flexibility index (Phi) is 3.41. The molecular weight excluding hydrogens is 286 g/mol. The molecule has 0 aromatic heterocycles. The molecule has 0 radical (unpaired) electrons. The van der Waals surface area contributed by atoms with Gasteiger partial charge in [0.1, 0.15) is 0 Å². The van der Waals surface area contributed by atoms with Crippen molar-refractivity contribution in [2.24, 2.45) is 0 Å². The van der Waals surface area contributed by atoms with Crippen molar-refractivity contribution in [1.29, 1.82) is 0 Å². The van der Waals surface area contributed by atoms with E-state index in [9.17, 15) is 26.3 Å². The van der Waals surface area contributed by atoms with Gasteiger partial charge >= 0.3 is 12.4 Å². The van der Waals surface area contributed by atoms with Gasteiger partial charge in [0.25, 0.3) is 0 Å². The summed E-state index contributed by atoms with van der Waals surface area (Å²) in [4.78, 5) is 0. The van der Waals surface area contributed by atoms with Crippen LogP contribution in [0, 0.1) is 0 Å². The zero-order valence-electron chi connectivity index (χ0n) is 9.76. The minimum Gasteiger partial charge on any atom is -0.302 e. The summed E-state index contributed by atoms with van der Waals surface area (Å²) in [6.45, 7) is 0. The van der Waals surface area contributed by atoms with Crippen LogP contribution in [0.3, 0.4) is 0 Å². The highest BCUT2D eigenvalue weighted by molar-refractivity contribution is 5.54. The Morgan fingerprint density at radius 2 is 1.35 bits per heavy atom. The third-order valence-electron chi connectivity index (χ3n) is 2.51. The lowest BCUT2D eigenvalue weighted by Gasteiger charge is -2.24. The maximum Gasteiger partial charge on any atom is 0.416 e. The van der Waals surface area contributed by atoms with Crippen molar-refractivity contribution >= 4 is 5.69 Å². The van der Waals surface area contributed by atoms with Crippen LogP contribution in [-0.4, -0.2) is 0 Å². The smallest absolute Gasteiger partial charge is 0.302 e. The minimum absolute atomic E-state index is 0.0903. The first-order chi connectivity index (χ1) is 9.18. The molecule has 1 N–H and O–H groups in total. The highest BCUT2D eigenvalue weighted by Gasteiger charge is 2.37. The Bertz CT molecular complexity index is 524. The SMILES string of the molecule is FC(F)(F)c1cc(N2C=CC=CN2)cc(C(F)(F)F)c1. The number of alkyl halides is 6. The molecule has 1 aliphatic rings. The summed E-state index contributed by atoms with van der Waals surface area (Å²) in [6.07, 6.45) is -3.99. The van der Waals surface area contributed by atoms with Crippen LogP contribution in [0.5, 0.6) is 0 Å². The molecule has 0 saturated heterocycles. The second-order valence-corrected chi connectivity index (χ2v) is 3.96. The molecule has 0 amide bonds. The number of anilines is 1.